The Morgan fingerprint density at radius 2 is 2.00 bits per heavy atom. The monoisotopic (exact) mass is 375 g/mol. The van der Waals surface area contributed by atoms with Crippen molar-refractivity contribution in [3.63, 3.8) is 0 Å². The van der Waals surface area contributed by atoms with Gasteiger partial charge in [-0.15, -0.1) is 0 Å². The zero-order valence-corrected chi connectivity index (χ0v) is 14.2. The molecule has 1 aromatic carbocycles. The van der Waals surface area contributed by atoms with Gasteiger partial charge in [0.15, 0.2) is 5.69 Å². The third-order valence-electron chi connectivity index (χ3n) is 4.08. The Labute approximate surface area is 150 Å². The number of fused-ring (bicyclic) bond motifs is 1. The van der Waals surface area contributed by atoms with Crippen LogP contribution in [0.3, 0.4) is 0 Å². The van der Waals surface area contributed by atoms with Crippen molar-refractivity contribution in [3.05, 3.63) is 53.8 Å². The maximum atomic E-state index is 12.8. The second-order valence-electron chi connectivity index (χ2n) is 6.01. The van der Waals surface area contributed by atoms with Crippen LogP contribution in [0.25, 0.3) is 22.3 Å². The Morgan fingerprint density at radius 3 is 2.63 bits per heavy atom. The lowest BCUT2D eigenvalue weighted by atomic mass is 10.1. The highest BCUT2D eigenvalue weighted by atomic mass is 19.4. The summed E-state index contributed by atoms with van der Waals surface area (Å²) >= 11 is 0. The van der Waals surface area contributed by atoms with Crippen LogP contribution in [0.15, 0.2) is 41.2 Å². The van der Waals surface area contributed by atoms with Crippen LogP contribution in [0.2, 0.25) is 0 Å². The quantitative estimate of drug-likeness (QED) is 0.536. The fourth-order valence-corrected chi connectivity index (χ4v) is 2.81. The maximum absolute atomic E-state index is 12.8. The van der Waals surface area contributed by atoms with Crippen molar-refractivity contribution in [3.8, 4) is 11.4 Å². The molecule has 10 heteroatoms. The van der Waals surface area contributed by atoms with Crippen molar-refractivity contribution in [1.29, 1.82) is 0 Å². The molecule has 138 valence electrons. The second kappa shape index (κ2) is 5.79. The molecule has 0 aliphatic carbocycles. The topological polar surface area (TPSA) is 78.7 Å². The Morgan fingerprint density at radius 1 is 1.22 bits per heavy atom. The van der Waals surface area contributed by atoms with Gasteiger partial charge in [0, 0.05) is 30.4 Å². The zero-order chi connectivity index (χ0) is 19.3. The van der Waals surface area contributed by atoms with Crippen molar-refractivity contribution >= 4 is 16.8 Å². The molecule has 0 unspecified atom stereocenters. The van der Waals surface area contributed by atoms with Gasteiger partial charge in [-0.3, -0.25) is 14.0 Å². The lowest BCUT2D eigenvalue weighted by molar-refractivity contribution is -0.159. The maximum Gasteiger partial charge on any atom is 0.471 e. The Balaban J connectivity index is 1.82. The minimum absolute atomic E-state index is 0.208. The predicted octanol–water partition coefficient (Wildman–Crippen LogP) is 3.44. The summed E-state index contributed by atoms with van der Waals surface area (Å²) in [5.74, 6) is -1.98. The minimum Gasteiger partial charge on any atom is -0.329 e. The summed E-state index contributed by atoms with van der Waals surface area (Å²) in [4.78, 5) is 16.1. The molecule has 0 bridgehead atoms. The normalized spacial score (nSPS) is 12.0. The largest absolute Gasteiger partial charge is 0.471 e. The number of carbonyl (C=O) groups excluding carboxylic acids is 1. The summed E-state index contributed by atoms with van der Waals surface area (Å²) < 4.78 is 45.2. The molecule has 0 N–H and O–H groups in total. The predicted molar refractivity (Wildman–Crippen MR) is 87.9 cm³/mol. The van der Waals surface area contributed by atoms with E-state index in [2.05, 4.69) is 19.8 Å². The molecule has 27 heavy (non-hydrogen) atoms. The first kappa shape index (κ1) is 17.0. The summed E-state index contributed by atoms with van der Waals surface area (Å²) in [5.41, 5.74) is 1.90. The lowest BCUT2D eigenvalue weighted by Crippen LogP contribution is -2.12. The molecule has 0 saturated carbocycles. The van der Waals surface area contributed by atoms with Gasteiger partial charge < -0.3 is 4.52 Å². The van der Waals surface area contributed by atoms with Crippen molar-refractivity contribution in [2.45, 2.75) is 13.1 Å². The van der Waals surface area contributed by atoms with Crippen LogP contribution in [0.5, 0.6) is 0 Å². The molecule has 0 aliphatic rings. The molecule has 0 saturated heterocycles. The highest BCUT2D eigenvalue weighted by Gasteiger charge is 2.38. The second-order valence-corrected chi connectivity index (χ2v) is 6.01. The van der Waals surface area contributed by atoms with E-state index in [0.717, 1.165) is 10.9 Å². The van der Waals surface area contributed by atoms with Gasteiger partial charge in [0.05, 0.1) is 5.52 Å². The molecule has 0 amide bonds. The number of alkyl halides is 3. The van der Waals surface area contributed by atoms with E-state index in [1.54, 1.807) is 43.7 Å². The van der Waals surface area contributed by atoms with E-state index in [9.17, 15) is 18.0 Å². The first-order chi connectivity index (χ1) is 12.7. The van der Waals surface area contributed by atoms with E-state index in [1.807, 2.05) is 6.92 Å². The van der Waals surface area contributed by atoms with Gasteiger partial charge in [0.25, 0.3) is 5.91 Å². The van der Waals surface area contributed by atoms with E-state index in [0.29, 0.717) is 11.1 Å². The van der Waals surface area contributed by atoms with Gasteiger partial charge in [-0.05, 0) is 24.6 Å². The van der Waals surface area contributed by atoms with Crippen LogP contribution in [-0.2, 0) is 13.2 Å². The van der Waals surface area contributed by atoms with E-state index < -0.39 is 12.1 Å². The number of carbonyl (C=O) groups is 1. The summed E-state index contributed by atoms with van der Waals surface area (Å²) in [6.07, 6.45) is -1.42. The molecule has 0 fully saturated rings. The number of hydrogen-bond acceptors (Lipinski definition) is 5. The average molecular weight is 375 g/mol. The number of aryl methyl sites for hydroxylation is 2. The van der Waals surface area contributed by atoms with Crippen molar-refractivity contribution < 1.29 is 22.5 Å². The molecule has 0 atom stereocenters. The summed E-state index contributed by atoms with van der Waals surface area (Å²) in [7, 11) is 1.70. The smallest absolute Gasteiger partial charge is 0.329 e. The molecule has 3 heterocycles. The van der Waals surface area contributed by atoms with E-state index in [4.69, 9.17) is 0 Å². The van der Waals surface area contributed by atoms with Crippen LogP contribution in [0.1, 0.15) is 21.9 Å². The van der Waals surface area contributed by atoms with Gasteiger partial charge in [-0.2, -0.15) is 23.3 Å². The lowest BCUT2D eigenvalue weighted by Gasteiger charge is -2.03. The molecule has 0 spiro atoms. The number of halogens is 3. The summed E-state index contributed by atoms with van der Waals surface area (Å²) in [6.45, 7) is 1.83. The Kier molecular flexibility index (Phi) is 3.65. The zero-order valence-electron chi connectivity index (χ0n) is 14.2. The number of aromatic nitrogens is 5. The van der Waals surface area contributed by atoms with Crippen LogP contribution in [0, 0.1) is 6.92 Å². The van der Waals surface area contributed by atoms with Crippen LogP contribution >= 0.6 is 0 Å². The van der Waals surface area contributed by atoms with Crippen LogP contribution in [0.4, 0.5) is 13.2 Å². The van der Waals surface area contributed by atoms with Crippen LogP contribution < -0.4 is 0 Å². The van der Waals surface area contributed by atoms with Gasteiger partial charge in [0.2, 0.25) is 5.82 Å². The fourth-order valence-electron chi connectivity index (χ4n) is 2.81. The Hall–Kier alpha value is -3.43. The fraction of sp³-hybridized carbons (Fsp3) is 0.176. The van der Waals surface area contributed by atoms with E-state index in [1.165, 1.54) is 9.25 Å². The molecular formula is C17H12F3N5O2. The van der Waals surface area contributed by atoms with E-state index >= 15 is 0 Å². The molecule has 0 radical (unpaired) electrons. The number of benzene rings is 1. The highest BCUT2D eigenvalue weighted by Crippen LogP contribution is 2.31. The van der Waals surface area contributed by atoms with Crippen molar-refractivity contribution in [1.82, 2.24) is 24.5 Å². The van der Waals surface area contributed by atoms with Gasteiger partial charge in [0.1, 0.15) is 0 Å². The standard InChI is InChI=1S/C17H12F3N5O2/c1-9-8-25(15(26)12-5-6-24(2)22-12)13-7-10(3-4-11(9)13)14-21-16(27-23-14)17(18,19)20/h3-8H,1-2H3. The summed E-state index contributed by atoms with van der Waals surface area (Å²) in [6, 6.07) is 6.41. The van der Waals surface area contributed by atoms with Crippen molar-refractivity contribution in [2.75, 3.05) is 0 Å². The van der Waals surface area contributed by atoms with Crippen LogP contribution in [-0.4, -0.2) is 30.4 Å². The first-order valence-electron chi connectivity index (χ1n) is 7.81. The third kappa shape index (κ3) is 2.88. The molecule has 3 aromatic heterocycles. The molecule has 0 aliphatic heterocycles. The first-order valence-corrected chi connectivity index (χ1v) is 7.81. The Bertz CT molecular complexity index is 1170. The SMILES string of the molecule is Cc1cn(C(=O)c2ccn(C)n2)c2cc(-c3noc(C(F)(F)F)n3)ccc12. The summed E-state index contributed by atoms with van der Waals surface area (Å²) in [5, 5.41) is 8.26. The molecule has 4 rings (SSSR count). The van der Waals surface area contributed by atoms with Crippen molar-refractivity contribution in [2.24, 2.45) is 7.05 Å². The average Bonchev–Trinajstić information content (AvgIpc) is 3.32. The molecule has 4 aromatic rings. The van der Waals surface area contributed by atoms with Gasteiger partial charge in [-0.1, -0.05) is 17.3 Å². The molecule has 7 nitrogen and oxygen atoms in total. The van der Waals surface area contributed by atoms with Gasteiger partial charge in [-0.25, -0.2) is 0 Å². The number of nitrogens with zero attached hydrogens (tertiary/aromatic N) is 5. The van der Waals surface area contributed by atoms with E-state index in [-0.39, 0.29) is 17.4 Å². The number of hydrogen-bond donors (Lipinski definition) is 0. The third-order valence-corrected chi connectivity index (χ3v) is 4.08. The minimum atomic E-state index is -4.72. The van der Waals surface area contributed by atoms with Gasteiger partial charge >= 0.3 is 12.1 Å². The molecular weight excluding hydrogens is 363 g/mol. The highest BCUT2D eigenvalue weighted by molar-refractivity contribution is 6.02. The number of rotatable bonds is 2.